The molecule has 5 heteroatoms. The Kier molecular flexibility index (Phi) is 5.87. The molecule has 0 unspecified atom stereocenters. The van der Waals surface area contributed by atoms with Gasteiger partial charge in [0.2, 0.25) is 5.91 Å². The zero-order valence-electron chi connectivity index (χ0n) is 12.1. The number of carbonyl (C=O) groups is 1. The molecule has 0 atom stereocenters. The fourth-order valence-electron chi connectivity index (χ4n) is 2.05. The van der Waals surface area contributed by atoms with Crippen LogP contribution in [0.5, 0.6) is 0 Å². The quantitative estimate of drug-likeness (QED) is 0.853. The number of aryl methyl sites for hydroxylation is 2. The second-order valence-corrected chi connectivity index (χ2v) is 6.00. The van der Waals surface area contributed by atoms with Gasteiger partial charge in [-0.05, 0) is 37.5 Å². The Morgan fingerprint density at radius 1 is 1.29 bits per heavy atom. The van der Waals surface area contributed by atoms with E-state index in [0.717, 1.165) is 35.5 Å². The van der Waals surface area contributed by atoms with E-state index in [1.165, 1.54) is 12.1 Å². The zero-order valence-corrected chi connectivity index (χ0v) is 12.9. The number of nitrogens with zero attached hydrogens (tertiary/aromatic N) is 1. The third-order valence-electron chi connectivity index (χ3n) is 3.15. The van der Waals surface area contributed by atoms with Gasteiger partial charge in [0.25, 0.3) is 0 Å². The Bertz CT molecular complexity index is 580. The first-order chi connectivity index (χ1) is 10.1. The van der Waals surface area contributed by atoms with Crippen molar-refractivity contribution in [3.05, 3.63) is 51.7 Å². The van der Waals surface area contributed by atoms with Gasteiger partial charge >= 0.3 is 0 Å². The van der Waals surface area contributed by atoms with Gasteiger partial charge in [0.1, 0.15) is 5.82 Å². The molecule has 1 aromatic carbocycles. The van der Waals surface area contributed by atoms with Crippen molar-refractivity contribution in [3.63, 3.8) is 0 Å². The number of amides is 1. The van der Waals surface area contributed by atoms with Gasteiger partial charge in [-0.2, -0.15) is 0 Å². The molecule has 112 valence electrons. The molecule has 0 aliphatic rings. The molecule has 21 heavy (non-hydrogen) atoms. The molecule has 1 N–H and O–H groups in total. The van der Waals surface area contributed by atoms with Crippen LogP contribution in [0.3, 0.4) is 0 Å². The number of thiazole rings is 1. The number of carbonyl (C=O) groups excluding carboxylic acids is 1. The summed E-state index contributed by atoms with van der Waals surface area (Å²) < 4.78 is 12.7. The van der Waals surface area contributed by atoms with E-state index in [9.17, 15) is 9.18 Å². The minimum Gasteiger partial charge on any atom is -0.356 e. The van der Waals surface area contributed by atoms with Crippen LogP contribution in [0, 0.1) is 12.7 Å². The number of halogens is 1. The Balaban J connectivity index is 1.60. The zero-order chi connectivity index (χ0) is 15.1. The van der Waals surface area contributed by atoms with Crippen molar-refractivity contribution >= 4 is 17.2 Å². The van der Waals surface area contributed by atoms with Gasteiger partial charge in [0, 0.05) is 24.8 Å². The Morgan fingerprint density at radius 2 is 2.05 bits per heavy atom. The van der Waals surface area contributed by atoms with Crippen molar-refractivity contribution in [3.8, 4) is 0 Å². The Labute approximate surface area is 128 Å². The average Bonchev–Trinajstić information content (AvgIpc) is 2.87. The normalized spacial score (nSPS) is 10.6. The molecule has 0 aliphatic carbocycles. The molecule has 0 radical (unpaired) electrons. The number of rotatable bonds is 7. The highest BCUT2D eigenvalue weighted by Crippen LogP contribution is 2.08. The van der Waals surface area contributed by atoms with Gasteiger partial charge in [-0.15, -0.1) is 11.3 Å². The molecule has 1 aromatic heterocycles. The Morgan fingerprint density at radius 3 is 2.71 bits per heavy atom. The highest BCUT2D eigenvalue weighted by Gasteiger charge is 2.03. The van der Waals surface area contributed by atoms with Gasteiger partial charge in [0.15, 0.2) is 0 Å². The van der Waals surface area contributed by atoms with Crippen LogP contribution in [0.25, 0.3) is 0 Å². The molecule has 1 amide bonds. The van der Waals surface area contributed by atoms with Gasteiger partial charge < -0.3 is 5.32 Å². The van der Waals surface area contributed by atoms with E-state index in [1.807, 2.05) is 12.3 Å². The van der Waals surface area contributed by atoms with E-state index in [2.05, 4.69) is 10.3 Å². The summed E-state index contributed by atoms with van der Waals surface area (Å²) in [6.45, 7) is 2.60. The van der Waals surface area contributed by atoms with E-state index in [-0.39, 0.29) is 11.7 Å². The second kappa shape index (κ2) is 7.88. The molecule has 0 spiro atoms. The summed E-state index contributed by atoms with van der Waals surface area (Å²) in [4.78, 5) is 16.0. The number of benzene rings is 1. The van der Waals surface area contributed by atoms with Crippen molar-refractivity contribution in [1.29, 1.82) is 0 Å². The summed E-state index contributed by atoms with van der Waals surface area (Å²) in [5, 5.41) is 5.98. The van der Waals surface area contributed by atoms with E-state index >= 15 is 0 Å². The van der Waals surface area contributed by atoms with Crippen molar-refractivity contribution in [2.45, 2.75) is 32.6 Å². The fraction of sp³-hybridized carbons (Fsp3) is 0.375. The predicted molar refractivity (Wildman–Crippen MR) is 82.9 cm³/mol. The molecule has 3 nitrogen and oxygen atoms in total. The van der Waals surface area contributed by atoms with Crippen LogP contribution in [0.15, 0.2) is 29.6 Å². The summed E-state index contributed by atoms with van der Waals surface area (Å²) >= 11 is 1.63. The van der Waals surface area contributed by atoms with Crippen LogP contribution in [0.4, 0.5) is 4.39 Å². The first kappa shape index (κ1) is 15.6. The molecule has 0 bridgehead atoms. The molecule has 1 heterocycles. The summed E-state index contributed by atoms with van der Waals surface area (Å²) in [5.41, 5.74) is 2.09. The van der Waals surface area contributed by atoms with Crippen LogP contribution in [-0.4, -0.2) is 17.4 Å². The summed E-state index contributed by atoms with van der Waals surface area (Å²) in [5.74, 6) is -0.169. The highest BCUT2D eigenvalue weighted by molar-refractivity contribution is 7.09. The number of nitrogens with one attached hydrogen (secondary N) is 1. The van der Waals surface area contributed by atoms with E-state index < -0.39 is 0 Å². The Hall–Kier alpha value is -1.75. The first-order valence-electron chi connectivity index (χ1n) is 7.05. The van der Waals surface area contributed by atoms with Gasteiger partial charge in [-0.3, -0.25) is 4.79 Å². The van der Waals surface area contributed by atoms with Crippen LogP contribution in [-0.2, 0) is 17.6 Å². The minimum atomic E-state index is -0.228. The summed E-state index contributed by atoms with van der Waals surface area (Å²) in [6.07, 6.45) is 2.83. The molecular formula is C16H19FN2OS. The smallest absolute Gasteiger partial charge is 0.220 e. The lowest BCUT2D eigenvalue weighted by molar-refractivity contribution is -0.121. The standard InChI is InChI=1S/C16H19FN2OS/c1-12-19-15(11-21-12)9-10-18-16(20)4-2-3-13-5-7-14(17)8-6-13/h5-8,11H,2-4,9-10H2,1H3,(H,18,20). The van der Waals surface area contributed by atoms with Crippen LogP contribution < -0.4 is 5.32 Å². The van der Waals surface area contributed by atoms with E-state index in [4.69, 9.17) is 0 Å². The molecule has 0 saturated carbocycles. The number of aromatic nitrogens is 1. The van der Waals surface area contributed by atoms with Crippen molar-refractivity contribution in [2.24, 2.45) is 0 Å². The molecule has 2 rings (SSSR count). The van der Waals surface area contributed by atoms with E-state index in [0.29, 0.717) is 13.0 Å². The van der Waals surface area contributed by atoms with Crippen LogP contribution in [0.2, 0.25) is 0 Å². The van der Waals surface area contributed by atoms with Gasteiger partial charge in [0.05, 0.1) is 10.7 Å². The third kappa shape index (κ3) is 5.63. The lowest BCUT2D eigenvalue weighted by Crippen LogP contribution is -2.25. The molecule has 0 saturated heterocycles. The van der Waals surface area contributed by atoms with Crippen molar-refractivity contribution < 1.29 is 9.18 Å². The van der Waals surface area contributed by atoms with E-state index in [1.54, 1.807) is 23.5 Å². The lowest BCUT2D eigenvalue weighted by Gasteiger charge is -2.04. The SMILES string of the molecule is Cc1nc(CCNC(=O)CCCc2ccc(F)cc2)cs1. The maximum absolute atomic E-state index is 12.7. The maximum atomic E-state index is 12.7. The number of hydrogen-bond donors (Lipinski definition) is 1. The van der Waals surface area contributed by atoms with Gasteiger partial charge in [-0.25, -0.2) is 9.37 Å². The molecular weight excluding hydrogens is 287 g/mol. The lowest BCUT2D eigenvalue weighted by atomic mass is 10.1. The second-order valence-electron chi connectivity index (χ2n) is 4.94. The molecule has 0 fully saturated rings. The topological polar surface area (TPSA) is 42.0 Å². The van der Waals surface area contributed by atoms with Crippen LogP contribution in [0.1, 0.15) is 29.1 Å². The fourth-order valence-corrected chi connectivity index (χ4v) is 2.69. The largest absolute Gasteiger partial charge is 0.356 e. The number of hydrogen-bond acceptors (Lipinski definition) is 3. The van der Waals surface area contributed by atoms with Crippen LogP contribution >= 0.6 is 11.3 Å². The predicted octanol–water partition coefficient (Wildman–Crippen LogP) is 3.27. The summed E-state index contributed by atoms with van der Waals surface area (Å²) in [6, 6.07) is 6.42. The summed E-state index contributed by atoms with van der Waals surface area (Å²) in [7, 11) is 0. The minimum absolute atomic E-state index is 0.0593. The molecule has 2 aromatic rings. The highest BCUT2D eigenvalue weighted by atomic mass is 32.1. The monoisotopic (exact) mass is 306 g/mol. The average molecular weight is 306 g/mol. The molecule has 0 aliphatic heterocycles. The first-order valence-corrected chi connectivity index (χ1v) is 7.93. The maximum Gasteiger partial charge on any atom is 0.220 e. The van der Waals surface area contributed by atoms with Gasteiger partial charge in [-0.1, -0.05) is 12.1 Å². The van der Waals surface area contributed by atoms with Crippen molar-refractivity contribution in [1.82, 2.24) is 10.3 Å². The van der Waals surface area contributed by atoms with Crippen molar-refractivity contribution in [2.75, 3.05) is 6.54 Å². The third-order valence-corrected chi connectivity index (χ3v) is 3.97.